The molecule has 3 aromatic rings. The fraction of sp³-hybridized carbons (Fsp3) is 0.429. The summed E-state index contributed by atoms with van der Waals surface area (Å²) >= 11 is 0. The number of esters is 1. The molecule has 2 aliphatic rings. The van der Waals surface area contributed by atoms with Crippen molar-refractivity contribution in [2.24, 2.45) is 0 Å². The minimum atomic E-state index is -0.402. The lowest BCUT2D eigenvalue weighted by atomic mass is 9.90. The predicted octanol–water partition coefficient (Wildman–Crippen LogP) is 6.14. The molecule has 1 aliphatic heterocycles. The molecule has 2 aromatic carbocycles. The second-order valence-electron chi connectivity index (χ2n) is 9.33. The largest absolute Gasteiger partial charge is 0.457 e. The molecule has 0 N–H and O–H groups in total. The lowest BCUT2D eigenvalue weighted by Crippen LogP contribution is -2.49. The molecule has 2 atom stereocenters. The Hall–Kier alpha value is -2.63. The summed E-state index contributed by atoms with van der Waals surface area (Å²) in [5, 5.41) is 0.415. The summed E-state index contributed by atoms with van der Waals surface area (Å²) in [5.74, 6) is 0.0951. The number of nitrogens with zero attached hydrogens (tertiary/aromatic N) is 1. The summed E-state index contributed by atoms with van der Waals surface area (Å²) in [6.07, 6.45) is 7.80. The van der Waals surface area contributed by atoms with Gasteiger partial charge in [-0.2, -0.15) is 0 Å². The first-order valence-corrected chi connectivity index (χ1v) is 12.2. The van der Waals surface area contributed by atoms with Gasteiger partial charge in [0.25, 0.3) is 0 Å². The zero-order chi connectivity index (χ0) is 22.8. The van der Waals surface area contributed by atoms with Gasteiger partial charge in [-0.15, -0.1) is 12.4 Å². The third-order valence-corrected chi connectivity index (χ3v) is 7.19. The summed E-state index contributed by atoms with van der Waals surface area (Å²) < 4.78 is 12.4. The van der Waals surface area contributed by atoms with E-state index in [0.29, 0.717) is 27.9 Å². The highest BCUT2D eigenvalue weighted by Crippen LogP contribution is 2.31. The number of hydrogen-bond donors (Lipinski definition) is 0. The van der Waals surface area contributed by atoms with Crippen molar-refractivity contribution in [3.8, 4) is 11.3 Å². The standard InChI is InChI=1S/C28H31NO4.ClH/c1-19-25(30)21-13-10-14-22(27(21)33-26(19)20-11-4-2-5-12-20)28(31)32-24-16-7-6-15-23(24)29-17-8-3-9-18-29;/h2,4-5,10-14,23-24H,3,6-9,15-18H2,1H3;1H/t23-,24+;/m0./s1. The molecule has 2 fully saturated rings. The van der Waals surface area contributed by atoms with Crippen LogP contribution in [0.4, 0.5) is 0 Å². The van der Waals surface area contributed by atoms with Gasteiger partial charge in [0.1, 0.15) is 17.4 Å². The van der Waals surface area contributed by atoms with Crippen molar-refractivity contribution >= 4 is 29.3 Å². The number of fused-ring (bicyclic) bond motifs is 1. The quantitative estimate of drug-likeness (QED) is 0.418. The molecule has 5 nitrogen and oxygen atoms in total. The van der Waals surface area contributed by atoms with Crippen molar-refractivity contribution in [2.75, 3.05) is 13.1 Å². The van der Waals surface area contributed by atoms with Crippen LogP contribution in [0.2, 0.25) is 0 Å². The first kappa shape index (κ1) is 24.5. The number of carbonyl (C=O) groups is 1. The molecule has 1 aromatic heterocycles. The maximum absolute atomic E-state index is 13.4. The van der Waals surface area contributed by atoms with E-state index in [-0.39, 0.29) is 30.0 Å². The minimum absolute atomic E-state index is 0. The van der Waals surface area contributed by atoms with Gasteiger partial charge in [0.2, 0.25) is 0 Å². The molecule has 1 saturated carbocycles. The summed E-state index contributed by atoms with van der Waals surface area (Å²) in [4.78, 5) is 29.0. The molecule has 2 heterocycles. The predicted molar refractivity (Wildman–Crippen MR) is 137 cm³/mol. The van der Waals surface area contributed by atoms with Crippen LogP contribution in [-0.4, -0.2) is 36.1 Å². The Morgan fingerprint density at radius 2 is 1.68 bits per heavy atom. The van der Waals surface area contributed by atoms with E-state index < -0.39 is 5.97 Å². The van der Waals surface area contributed by atoms with Gasteiger partial charge in [0.05, 0.1) is 5.39 Å². The van der Waals surface area contributed by atoms with Crippen LogP contribution in [0.1, 0.15) is 60.9 Å². The van der Waals surface area contributed by atoms with Crippen molar-refractivity contribution in [1.82, 2.24) is 4.90 Å². The number of rotatable bonds is 4. The zero-order valence-electron chi connectivity index (χ0n) is 19.6. The number of ether oxygens (including phenoxy) is 1. The van der Waals surface area contributed by atoms with Crippen molar-refractivity contribution < 1.29 is 13.9 Å². The summed E-state index contributed by atoms with van der Waals surface area (Å²) in [6.45, 7) is 3.94. The highest BCUT2D eigenvalue weighted by molar-refractivity contribution is 6.02. The number of carbonyl (C=O) groups excluding carboxylic acids is 1. The lowest BCUT2D eigenvalue weighted by molar-refractivity contribution is -0.0217. The number of benzene rings is 2. The molecule has 1 aliphatic carbocycles. The summed E-state index contributed by atoms with van der Waals surface area (Å²) in [5.41, 5.74) is 1.87. The number of piperidine rings is 1. The molecule has 34 heavy (non-hydrogen) atoms. The highest BCUT2D eigenvalue weighted by atomic mass is 35.5. The Morgan fingerprint density at radius 1 is 0.941 bits per heavy atom. The topological polar surface area (TPSA) is 59.8 Å². The van der Waals surface area contributed by atoms with Crippen LogP contribution in [0, 0.1) is 6.92 Å². The lowest BCUT2D eigenvalue weighted by Gasteiger charge is -2.41. The van der Waals surface area contributed by atoms with E-state index in [0.717, 1.165) is 37.9 Å². The molecule has 0 unspecified atom stereocenters. The number of hydrogen-bond acceptors (Lipinski definition) is 5. The molecule has 0 radical (unpaired) electrons. The average molecular weight is 482 g/mol. The Bertz CT molecular complexity index is 1200. The van der Waals surface area contributed by atoms with E-state index >= 15 is 0 Å². The van der Waals surface area contributed by atoms with Crippen LogP contribution in [0.25, 0.3) is 22.3 Å². The molecule has 5 rings (SSSR count). The molecule has 180 valence electrons. The zero-order valence-corrected chi connectivity index (χ0v) is 20.4. The Morgan fingerprint density at radius 3 is 2.44 bits per heavy atom. The van der Waals surface area contributed by atoms with E-state index in [1.807, 2.05) is 30.3 Å². The Balaban J connectivity index is 0.00000274. The van der Waals surface area contributed by atoms with E-state index in [1.165, 1.54) is 25.7 Å². The maximum Gasteiger partial charge on any atom is 0.342 e. The van der Waals surface area contributed by atoms with Gasteiger partial charge in [-0.25, -0.2) is 4.79 Å². The van der Waals surface area contributed by atoms with Crippen molar-refractivity contribution in [2.45, 2.75) is 64.0 Å². The van der Waals surface area contributed by atoms with Crippen LogP contribution in [0.5, 0.6) is 0 Å². The molecule has 6 heteroatoms. The molecule has 0 amide bonds. The third-order valence-electron chi connectivity index (χ3n) is 7.19. The van der Waals surface area contributed by atoms with Gasteiger partial charge >= 0.3 is 5.97 Å². The van der Waals surface area contributed by atoms with E-state index in [4.69, 9.17) is 9.15 Å². The van der Waals surface area contributed by atoms with Crippen molar-refractivity contribution in [3.05, 3.63) is 69.9 Å². The van der Waals surface area contributed by atoms with Crippen molar-refractivity contribution in [1.29, 1.82) is 0 Å². The molecular weight excluding hydrogens is 450 g/mol. The second-order valence-corrected chi connectivity index (χ2v) is 9.33. The van der Waals surface area contributed by atoms with Crippen LogP contribution >= 0.6 is 12.4 Å². The van der Waals surface area contributed by atoms with Gasteiger partial charge in [0, 0.05) is 17.2 Å². The number of likely N-dealkylation sites (tertiary alicyclic amines) is 1. The number of halogens is 1. The van der Waals surface area contributed by atoms with Gasteiger partial charge in [-0.1, -0.05) is 49.2 Å². The van der Waals surface area contributed by atoms with Gasteiger partial charge < -0.3 is 9.15 Å². The van der Waals surface area contributed by atoms with E-state index in [9.17, 15) is 9.59 Å². The first-order valence-electron chi connectivity index (χ1n) is 12.2. The van der Waals surface area contributed by atoms with Crippen LogP contribution in [-0.2, 0) is 4.74 Å². The van der Waals surface area contributed by atoms with Gasteiger partial charge in [-0.3, -0.25) is 9.69 Å². The van der Waals surface area contributed by atoms with Crippen molar-refractivity contribution in [3.63, 3.8) is 0 Å². The maximum atomic E-state index is 13.4. The summed E-state index contributed by atoms with van der Waals surface area (Å²) in [7, 11) is 0. The summed E-state index contributed by atoms with van der Waals surface area (Å²) in [6, 6.07) is 15.0. The Labute approximate surface area is 206 Å². The monoisotopic (exact) mass is 481 g/mol. The van der Waals surface area contributed by atoms with Gasteiger partial charge in [0.15, 0.2) is 11.0 Å². The fourth-order valence-electron chi connectivity index (χ4n) is 5.42. The SMILES string of the molecule is Cc1c(-c2ccccc2)oc2c(C(=O)O[C@@H]3CCCC[C@@H]3N3CCCCC3)cccc2c1=O.Cl. The second kappa shape index (κ2) is 10.7. The van der Waals surface area contributed by atoms with Crippen LogP contribution < -0.4 is 5.43 Å². The highest BCUT2D eigenvalue weighted by Gasteiger charge is 2.34. The minimum Gasteiger partial charge on any atom is -0.457 e. The first-order chi connectivity index (χ1) is 16.1. The number of para-hydroxylation sites is 1. The van der Waals surface area contributed by atoms with Gasteiger partial charge in [-0.05, 0) is 64.3 Å². The normalized spacial score (nSPS) is 21.1. The smallest absolute Gasteiger partial charge is 0.342 e. The van der Waals surface area contributed by atoms with E-state index in [1.54, 1.807) is 25.1 Å². The molecular formula is C28H32ClNO4. The molecule has 1 saturated heterocycles. The molecule has 0 spiro atoms. The Kier molecular flexibility index (Phi) is 7.74. The average Bonchev–Trinajstić information content (AvgIpc) is 2.87. The third kappa shape index (κ3) is 4.77. The fourth-order valence-corrected chi connectivity index (χ4v) is 5.42. The molecule has 0 bridgehead atoms. The van der Waals surface area contributed by atoms with E-state index in [2.05, 4.69) is 4.90 Å². The van der Waals surface area contributed by atoms with Crippen LogP contribution in [0.3, 0.4) is 0 Å². The van der Waals surface area contributed by atoms with Crippen LogP contribution in [0.15, 0.2) is 57.7 Å².